The van der Waals surface area contributed by atoms with Crippen LogP contribution in [-0.4, -0.2) is 30.9 Å². The van der Waals surface area contributed by atoms with E-state index in [1.807, 2.05) is 13.0 Å². The third-order valence-corrected chi connectivity index (χ3v) is 3.42. The normalized spacial score (nSPS) is 12.3. The second kappa shape index (κ2) is 6.90. The Morgan fingerprint density at radius 3 is 2.67 bits per heavy atom. The molecule has 0 aromatic heterocycles. The molecule has 3 nitrogen and oxygen atoms in total. The van der Waals surface area contributed by atoms with Crippen molar-refractivity contribution in [3.63, 3.8) is 0 Å². The Labute approximate surface area is 118 Å². The summed E-state index contributed by atoms with van der Waals surface area (Å²) in [7, 11) is 3.57. The summed E-state index contributed by atoms with van der Waals surface area (Å²) in [5.74, 6) is 0.155. The second-order valence-corrected chi connectivity index (χ2v) is 5.76. The summed E-state index contributed by atoms with van der Waals surface area (Å²) in [5.41, 5.74) is 2.52. The average molecular weight is 313 g/mol. The summed E-state index contributed by atoms with van der Waals surface area (Å²) in [6, 6.07) is 6.43. The van der Waals surface area contributed by atoms with Crippen LogP contribution in [0, 0.1) is 6.92 Å². The van der Waals surface area contributed by atoms with Crippen LogP contribution in [0.5, 0.6) is 0 Å². The third kappa shape index (κ3) is 4.78. The minimum atomic E-state index is 0.155. The molecule has 0 fully saturated rings. The number of hydrogen-bond acceptors (Lipinski definition) is 2. The maximum Gasteiger partial charge on any atom is 0.223 e. The molecule has 0 saturated carbocycles. The minimum Gasteiger partial charge on any atom is -0.349 e. The number of aryl methyl sites for hydroxylation is 1. The molecule has 1 aromatic carbocycles. The highest BCUT2D eigenvalue weighted by atomic mass is 79.9. The SMILES string of the molecule is Cc1cc(Br)ccc1CNC(C)CC(=O)N(C)C. The van der Waals surface area contributed by atoms with E-state index in [2.05, 4.69) is 40.3 Å². The number of benzene rings is 1. The van der Waals surface area contributed by atoms with Gasteiger partial charge in [-0.05, 0) is 37.1 Å². The molecule has 0 aliphatic heterocycles. The Balaban J connectivity index is 2.47. The van der Waals surface area contributed by atoms with Crippen molar-refractivity contribution in [1.82, 2.24) is 10.2 Å². The summed E-state index contributed by atoms with van der Waals surface area (Å²) in [4.78, 5) is 13.2. The van der Waals surface area contributed by atoms with Gasteiger partial charge in [0.1, 0.15) is 0 Å². The maximum absolute atomic E-state index is 11.6. The predicted molar refractivity (Wildman–Crippen MR) is 78.5 cm³/mol. The van der Waals surface area contributed by atoms with E-state index >= 15 is 0 Å². The van der Waals surface area contributed by atoms with Crippen molar-refractivity contribution < 1.29 is 4.79 Å². The van der Waals surface area contributed by atoms with E-state index in [1.165, 1.54) is 11.1 Å². The van der Waals surface area contributed by atoms with Gasteiger partial charge in [-0.15, -0.1) is 0 Å². The maximum atomic E-state index is 11.6. The van der Waals surface area contributed by atoms with E-state index in [-0.39, 0.29) is 11.9 Å². The van der Waals surface area contributed by atoms with E-state index in [0.717, 1.165) is 11.0 Å². The van der Waals surface area contributed by atoms with Crippen LogP contribution in [0.3, 0.4) is 0 Å². The Kier molecular flexibility index (Phi) is 5.82. The van der Waals surface area contributed by atoms with Gasteiger partial charge in [0.25, 0.3) is 0 Å². The topological polar surface area (TPSA) is 32.3 Å². The highest BCUT2D eigenvalue weighted by molar-refractivity contribution is 9.10. The van der Waals surface area contributed by atoms with Gasteiger partial charge in [0.05, 0.1) is 0 Å². The van der Waals surface area contributed by atoms with Gasteiger partial charge in [0.15, 0.2) is 0 Å². The molecule has 0 heterocycles. The summed E-state index contributed by atoms with van der Waals surface area (Å²) in [6.07, 6.45) is 0.530. The largest absolute Gasteiger partial charge is 0.349 e. The number of carbonyl (C=O) groups excluding carboxylic acids is 1. The Morgan fingerprint density at radius 1 is 1.44 bits per heavy atom. The first-order chi connectivity index (χ1) is 8.40. The molecule has 1 aromatic rings. The van der Waals surface area contributed by atoms with Crippen LogP contribution in [0.4, 0.5) is 0 Å². The van der Waals surface area contributed by atoms with E-state index in [1.54, 1.807) is 19.0 Å². The number of amides is 1. The van der Waals surface area contributed by atoms with E-state index < -0.39 is 0 Å². The van der Waals surface area contributed by atoms with E-state index in [4.69, 9.17) is 0 Å². The molecule has 1 rings (SSSR count). The van der Waals surface area contributed by atoms with Crippen molar-refractivity contribution in [3.05, 3.63) is 33.8 Å². The molecule has 0 saturated heterocycles. The lowest BCUT2D eigenvalue weighted by atomic mass is 10.1. The van der Waals surface area contributed by atoms with Crippen molar-refractivity contribution in [2.45, 2.75) is 32.9 Å². The highest BCUT2D eigenvalue weighted by Gasteiger charge is 2.10. The number of nitrogens with one attached hydrogen (secondary N) is 1. The zero-order valence-electron chi connectivity index (χ0n) is 11.5. The quantitative estimate of drug-likeness (QED) is 0.906. The van der Waals surface area contributed by atoms with Crippen LogP contribution in [0.2, 0.25) is 0 Å². The molecule has 0 spiro atoms. The number of halogens is 1. The van der Waals surface area contributed by atoms with Gasteiger partial charge in [0, 0.05) is 37.6 Å². The second-order valence-electron chi connectivity index (χ2n) is 4.85. The van der Waals surface area contributed by atoms with E-state index in [9.17, 15) is 4.79 Å². The van der Waals surface area contributed by atoms with Crippen molar-refractivity contribution in [3.8, 4) is 0 Å². The number of rotatable bonds is 5. The van der Waals surface area contributed by atoms with Gasteiger partial charge >= 0.3 is 0 Å². The molecule has 18 heavy (non-hydrogen) atoms. The fourth-order valence-corrected chi connectivity index (χ4v) is 2.13. The fraction of sp³-hybridized carbons (Fsp3) is 0.500. The van der Waals surface area contributed by atoms with Crippen LogP contribution in [-0.2, 0) is 11.3 Å². The van der Waals surface area contributed by atoms with Crippen LogP contribution >= 0.6 is 15.9 Å². The van der Waals surface area contributed by atoms with Gasteiger partial charge in [-0.3, -0.25) is 4.79 Å². The fourth-order valence-electron chi connectivity index (χ4n) is 1.66. The van der Waals surface area contributed by atoms with Crippen molar-refractivity contribution in [1.29, 1.82) is 0 Å². The first kappa shape index (κ1) is 15.2. The average Bonchev–Trinajstić information content (AvgIpc) is 2.27. The number of carbonyl (C=O) groups is 1. The third-order valence-electron chi connectivity index (χ3n) is 2.93. The smallest absolute Gasteiger partial charge is 0.223 e. The van der Waals surface area contributed by atoms with Crippen LogP contribution < -0.4 is 5.32 Å². The van der Waals surface area contributed by atoms with Crippen LogP contribution in [0.15, 0.2) is 22.7 Å². The van der Waals surface area contributed by atoms with Crippen molar-refractivity contribution in [2.75, 3.05) is 14.1 Å². The molecular formula is C14H21BrN2O. The lowest BCUT2D eigenvalue weighted by Gasteiger charge is -2.17. The summed E-state index contributed by atoms with van der Waals surface area (Å²) < 4.78 is 1.10. The minimum absolute atomic E-state index is 0.155. The zero-order valence-corrected chi connectivity index (χ0v) is 13.0. The highest BCUT2D eigenvalue weighted by Crippen LogP contribution is 2.15. The molecule has 1 unspecified atom stereocenters. The Hall–Kier alpha value is -0.870. The molecule has 0 aliphatic carbocycles. The molecule has 0 radical (unpaired) electrons. The standard InChI is InChI=1S/C14H21BrN2O/c1-10-7-13(15)6-5-12(10)9-16-11(2)8-14(18)17(3)4/h5-7,11,16H,8-9H2,1-4H3. The lowest BCUT2D eigenvalue weighted by Crippen LogP contribution is -2.33. The first-order valence-electron chi connectivity index (χ1n) is 6.08. The van der Waals surface area contributed by atoms with Gasteiger partial charge in [-0.1, -0.05) is 22.0 Å². The van der Waals surface area contributed by atoms with Gasteiger partial charge < -0.3 is 10.2 Å². The molecule has 0 bridgehead atoms. The van der Waals surface area contributed by atoms with Gasteiger partial charge in [0.2, 0.25) is 5.91 Å². The monoisotopic (exact) mass is 312 g/mol. The Bertz CT molecular complexity index is 418. The van der Waals surface area contributed by atoms with Crippen molar-refractivity contribution >= 4 is 21.8 Å². The molecule has 0 aliphatic rings. The zero-order chi connectivity index (χ0) is 13.7. The Morgan fingerprint density at radius 2 is 2.11 bits per heavy atom. The van der Waals surface area contributed by atoms with Crippen molar-refractivity contribution in [2.24, 2.45) is 0 Å². The molecule has 1 N–H and O–H groups in total. The summed E-state index contributed by atoms with van der Waals surface area (Å²) in [5, 5.41) is 3.38. The summed E-state index contributed by atoms with van der Waals surface area (Å²) in [6.45, 7) is 4.92. The molecular weight excluding hydrogens is 292 g/mol. The molecule has 4 heteroatoms. The first-order valence-corrected chi connectivity index (χ1v) is 6.88. The summed E-state index contributed by atoms with van der Waals surface area (Å²) >= 11 is 3.45. The molecule has 1 amide bonds. The molecule has 100 valence electrons. The van der Waals surface area contributed by atoms with E-state index in [0.29, 0.717) is 6.42 Å². The molecule has 1 atom stereocenters. The van der Waals surface area contributed by atoms with Gasteiger partial charge in [-0.25, -0.2) is 0 Å². The van der Waals surface area contributed by atoms with Gasteiger partial charge in [-0.2, -0.15) is 0 Å². The van der Waals surface area contributed by atoms with Crippen LogP contribution in [0.25, 0.3) is 0 Å². The van der Waals surface area contributed by atoms with Crippen LogP contribution in [0.1, 0.15) is 24.5 Å². The predicted octanol–water partition coefficient (Wildman–Crippen LogP) is 2.71. The number of hydrogen-bond donors (Lipinski definition) is 1. The lowest BCUT2D eigenvalue weighted by molar-refractivity contribution is -0.129. The number of nitrogens with zero attached hydrogens (tertiary/aromatic N) is 1.